The largest absolute Gasteiger partial charge is 0.377 e. The summed E-state index contributed by atoms with van der Waals surface area (Å²) in [6.45, 7) is 0.613. The Bertz CT molecular complexity index is 438. The van der Waals surface area contributed by atoms with Crippen molar-refractivity contribution in [2.45, 2.75) is 44.6 Å². The van der Waals surface area contributed by atoms with Gasteiger partial charge >= 0.3 is 0 Å². The first kappa shape index (κ1) is 14.5. The highest BCUT2D eigenvalue weighted by molar-refractivity contribution is 7.90. The molecule has 1 aliphatic carbocycles. The van der Waals surface area contributed by atoms with E-state index in [1.54, 1.807) is 0 Å². The van der Waals surface area contributed by atoms with Crippen molar-refractivity contribution < 1.29 is 17.9 Å². The summed E-state index contributed by atoms with van der Waals surface area (Å²) >= 11 is 0. The normalized spacial score (nSPS) is 28.0. The predicted molar refractivity (Wildman–Crippen MR) is 72.0 cm³/mol. The van der Waals surface area contributed by atoms with Crippen molar-refractivity contribution in [3.05, 3.63) is 12.2 Å². The first-order valence-corrected chi connectivity index (χ1v) is 8.53. The van der Waals surface area contributed by atoms with E-state index in [1.807, 2.05) is 12.2 Å². The van der Waals surface area contributed by atoms with Gasteiger partial charge in [0.15, 0.2) is 0 Å². The standard InChI is InChI=1S/C13H21NO4S/c15-13(11-6-2-1-3-7-11)14-19(16,17)10-12-8-4-5-9-18-12/h1-2,11-12H,3-10H2,(H,14,15). The van der Waals surface area contributed by atoms with Gasteiger partial charge in [-0.05, 0) is 38.5 Å². The molecule has 2 aliphatic rings. The number of hydrogen-bond donors (Lipinski definition) is 1. The van der Waals surface area contributed by atoms with Gasteiger partial charge in [0.1, 0.15) is 0 Å². The van der Waals surface area contributed by atoms with Crippen LogP contribution in [0, 0.1) is 5.92 Å². The summed E-state index contributed by atoms with van der Waals surface area (Å²) in [6.07, 6.45) is 8.59. The third kappa shape index (κ3) is 4.62. The lowest BCUT2D eigenvalue weighted by atomic mass is 9.94. The van der Waals surface area contributed by atoms with E-state index in [0.29, 0.717) is 13.0 Å². The zero-order chi connectivity index (χ0) is 13.7. The maximum absolute atomic E-state index is 11.9. The fourth-order valence-electron chi connectivity index (χ4n) is 2.49. The van der Waals surface area contributed by atoms with E-state index in [0.717, 1.165) is 32.1 Å². The molecule has 0 aromatic heterocycles. The molecule has 19 heavy (non-hydrogen) atoms. The molecule has 6 heteroatoms. The van der Waals surface area contributed by atoms with Crippen molar-refractivity contribution in [2.24, 2.45) is 5.92 Å². The van der Waals surface area contributed by atoms with Crippen molar-refractivity contribution in [1.29, 1.82) is 0 Å². The van der Waals surface area contributed by atoms with E-state index < -0.39 is 10.0 Å². The van der Waals surface area contributed by atoms with Crippen molar-refractivity contribution in [2.75, 3.05) is 12.4 Å². The first-order chi connectivity index (χ1) is 9.07. The maximum Gasteiger partial charge on any atom is 0.237 e. The lowest BCUT2D eigenvalue weighted by Gasteiger charge is -2.23. The summed E-state index contributed by atoms with van der Waals surface area (Å²) in [5, 5.41) is 0. The van der Waals surface area contributed by atoms with Gasteiger partial charge in [0.05, 0.1) is 11.9 Å². The molecule has 1 aliphatic heterocycles. The third-order valence-corrected chi connectivity index (χ3v) is 4.90. The second-order valence-corrected chi connectivity index (χ2v) is 6.98. The fraction of sp³-hybridized carbons (Fsp3) is 0.769. The molecule has 0 saturated carbocycles. The molecule has 2 unspecified atom stereocenters. The number of rotatable bonds is 4. The molecule has 0 aromatic rings. The SMILES string of the molecule is O=C(NS(=O)(=O)CC1CCCCO1)C1CC=CCC1. The van der Waals surface area contributed by atoms with Gasteiger partial charge in [-0.25, -0.2) is 8.42 Å². The molecule has 0 aromatic carbocycles. The molecule has 108 valence electrons. The number of carbonyl (C=O) groups excluding carboxylic acids is 1. The van der Waals surface area contributed by atoms with E-state index in [4.69, 9.17) is 4.74 Å². The molecule has 1 amide bonds. The van der Waals surface area contributed by atoms with Gasteiger partial charge in [-0.15, -0.1) is 0 Å². The molecule has 2 rings (SSSR count). The molecule has 0 bridgehead atoms. The van der Waals surface area contributed by atoms with Crippen LogP contribution in [0.3, 0.4) is 0 Å². The van der Waals surface area contributed by atoms with Crippen LogP contribution in [-0.4, -0.2) is 32.8 Å². The molecule has 1 fully saturated rings. The Labute approximate surface area is 114 Å². The Morgan fingerprint density at radius 3 is 2.74 bits per heavy atom. The highest BCUT2D eigenvalue weighted by atomic mass is 32.2. The minimum Gasteiger partial charge on any atom is -0.377 e. The van der Waals surface area contributed by atoms with Crippen molar-refractivity contribution in [1.82, 2.24) is 4.72 Å². The maximum atomic E-state index is 11.9. The topological polar surface area (TPSA) is 72.5 Å². The predicted octanol–water partition coefficient (Wildman–Crippen LogP) is 1.36. The number of ether oxygens (including phenoxy) is 1. The van der Waals surface area contributed by atoms with Gasteiger partial charge in [0.2, 0.25) is 15.9 Å². The van der Waals surface area contributed by atoms with Crippen LogP contribution in [0.4, 0.5) is 0 Å². The van der Waals surface area contributed by atoms with Gasteiger partial charge in [0.25, 0.3) is 0 Å². The van der Waals surface area contributed by atoms with E-state index >= 15 is 0 Å². The van der Waals surface area contributed by atoms with Crippen LogP contribution in [0.1, 0.15) is 38.5 Å². The van der Waals surface area contributed by atoms with Crippen LogP contribution < -0.4 is 4.72 Å². The van der Waals surface area contributed by atoms with E-state index in [9.17, 15) is 13.2 Å². The zero-order valence-corrected chi connectivity index (χ0v) is 11.8. The number of allylic oxidation sites excluding steroid dienone is 2. The first-order valence-electron chi connectivity index (χ1n) is 6.88. The zero-order valence-electron chi connectivity index (χ0n) is 11.0. The van der Waals surface area contributed by atoms with Crippen LogP contribution >= 0.6 is 0 Å². The smallest absolute Gasteiger partial charge is 0.237 e. The van der Waals surface area contributed by atoms with E-state index in [-0.39, 0.29) is 23.7 Å². The number of sulfonamides is 1. The Morgan fingerprint density at radius 2 is 2.11 bits per heavy atom. The summed E-state index contributed by atoms with van der Waals surface area (Å²) in [4.78, 5) is 11.9. The van der Waals surface area contributed by atoms with Gasteiger partial charge < -0.3 is 4.74 Å². The van der Waals surface area contributed by atoms with Crippen molar-refractivity contribution in [3.8, 4) is 0 Å². The van der Waals surface area contributed by atoms with Gasteiger partial charge in [-0.1, -0.05) is 12.2 Å². The van der Waals surface area contributed by atoms with E-state index in [2.05, 4.69) is 4.72 Å². The number of nitrogens with one attached hydrogen (secondary N) is 1. The molecule has 1 saturated heterocycles. The van der Waals surface area contributed by atoms with Crippen molar-refractivity contribution in [3.63, 3.8) is 0 Å². The average molecular weight is 287 g/mol. The monoisotopic (exact) mass is 287 g/mol. The second kappa shape index (κ2) is 6.52. The van der Waals surface area contributed by atoms with E-state index in [1.165, 1.54) is 0 Å². The van der Waals surface area contributed by atoms with Crippen LogP contribution in [-0.2, 0) is 19.6 Å². The Hall–Kier alpha value is -0.880. The quantitative estimate of drug-likeness (QED) is 0.792. The third-order valence-electron chi connectivity index (χ3n) is 3.58. The summed E-state index contributed by atoms with van der Waals surface area (Å²) < 4.78 is 31.4. The summed E-state index contributed by atoms with van der Waals surface area (Å²) in [7, 11) is -3.58. The number of amides is 1. The molecular weight excluding hydrogens is 266 g/mol. The molecule has 1 N–H and O–H groups in total. The minimum atomic E-state index is -3.58. The highest BCUT2D eigenvalue weighted by Crippen LogP contribution is 2.19. The lowest BCUT2D eigenvalue weighted by Crippen LogP contribution is -2.41. The molecule has 0 radical (unpaired) electrons. The lowest BCUT2D eigenvalue weighted by molar-refractivity contribution is -0.123. The van der Waals surface area contributed by atoms with Crippen molar-refractivity contribution >= 4 is 15.9 Å². The number of hydrogen-bond acceptors (Lipinski definition) is 4. The molecular formula is C13H21NO4S. The van der Waals surface area contributed by atoms with Gasteiger partial charge in [-0.2, -0.15) is 0 Å². The Balaban J connectivity index is 1.85. The minimum absolute atomic E-state index is 0.110. The Morgan fingerprint density at radius 1 is 1.26 bits per heavy atom. The van der Waals surface area contributed by atoms with Crippen LogP contribution in [0.5, 0.6) is 0 Å². The van der Waals surface area contributed by atoms with Gasteiger partial charge in [0, 0.05) is 12.5 Å². The average Bonchev–Trinajstić information content (AvgIpc) is 2.39. The summed E-state index contributed by atoms with van der Waals surface area (Å²) in [5.41, 5.74) is 0. The van der Waals surface area contributed by atoms with Crippen LogP contribution in [0.15, 0.2) is 12.2 Å². The Kier molecular flexibility index (Phi) is 4.99. The molecule has 2 atom stereocenters. The summed E-state index contributed by atoms with van der Waals surface area (Å²) in [5.74, 6) is -0.700. The fourth-order valence-corrected chi connectivity index (χ4v) is 3.80. The second-order valence-electron chi connectivity index (χ2n) is 5.22. The van der Waals surface area contributed by atoms with Gasteiger partial charge in [-0.3, -0.25) is 9.52 Å². The van der Waals surface area contributed by atoms with Crippen LogP contribution in [0.2, 0.25) is 0 Å². The number of carbonyl (C=O) groups is 1. The van der Waals surface area contributed by atoms with Crippen LogP contribution in [0.25, 0.3) is 0 Å². The molecule has 5 nitrogen and oxygen atoms in total. The highest BCUT2D eigenvalue weighted by Gasteiger charge is 2.27. The summed E-state index contributed by atoms with van der Waals surface area (Å²) in [6, 6.07) is 0. The molecule has 1 heterocycles. The molecule has 0 spiro atoms.